The third-order valence-corrected chi connectivity index (χ3v) is 2.34. The first-order valence-electron chi connectivity index (χ1n) is 6.11. The van der Waals surface area contributed by atoms with E-state index in [4.69, 9.17) is 10.5 Å². The number of ether oxygens (including phenoxy) is 1. The minimum absolute atomic E-state index is 0.0426. The SMILES string of the molecule is CC(C)(C)OC(=O)Nc1ccc(C(C)(C)N)c(O)c1. The van der Waals surface area contributed by atoms with Crippen molar-refractivity contribution in [3.63, 3.8) is 0 Å². The van der Waals surface area contributed by atoms with Gasteiger partial charge in [0.05, 0.1) is 0 Å². The number of amides is 1. The number of benzene rings is 1. The molecule has 0 atom stereocenters. The summed E-state index contributed by atoms with van der Waals surface area (Å²) in [6.45, 7) is 8.93. The molecular formula is C14H22N2O3. The Morgan fingerprint density at radius 3 is 2.26 bits per heavy atom. The van der Waals surface area contributed by atoms with E-state index < -0.39 is 17.2 Å². The summed E-state index contributed by atoms with van der Waals surface area (Å²) in [5, 5.41) is 12.5. The van der Waals surface area contributed by atoms with Gasteiger partial charge in [-0.05, 0) is 40.7 Å². The van der Waals surface area contributed by atoms with Crippen LogP contribution in [0.1, 0.15) is 40.2 Å². The number of nitrogens with one attached hydrogen (secondary N) is 1. The largest absolute Gasteiger partial charge is 0.508 e. The fourth-order valence-electron chi connectivity index (χ4n) is 1.58. The Morgan fingerprint density at radius 2 is 1.84 bits per heavy atom. The molecule has 0 unspecified atom stereocenters. The summed E-state index contributed by atoms with van der Waals surface area (Å²) < 4.78 is 5.12. The van der Waals surface area contributed by atoms with Crippen molar-refractivity contribution in [3.05, 3.63) is 23.8 Å². The van der Waals surface area contributed by atoms with Gasteiger partial charge >= 0.3 is 6.09 Å². The third kappa shape index (κ3) is 4.79. The van der Waals surface area contributed by atoms with Gasteiger partial charge in [-0.1, -0.05) is 6.07 Å². The summed E-state index contributed by atoms with van der Waals surface area (Å²) in [7, 11) is 0. The molecule has 0 heterocycles. The van der Waals surface area contributed by atoms with E-state index in [-0.39, 0.29) is 5.75 Å². The zero-order chi connectivity index (χ0) is 14.8. The predicted octanol–water partition coefficient (Wildman–Crippen LogP) is 2.93. The normalized spacial score (nSPS) is 12.1. The molecule has 0 aliphatic heterocycles. The average molecular weight is 266 g/mol. The highest BCUT2D eigenvalue weighted by Crippen LogP contribution is 2.29. The van der Waals surface area contributed by atoms with E-state index in [1.807, 2.05) is 0 Å². The topological polar surface area (TPSA) is 84.6 Å². The number of hydrogen-bond donors (Lipinski definition) is 3. The van der Waals surface area contributed by atoms with Gasteiger partial charge < -0.3 is 15.6 Å². The van der Waals surface area contributed by atoms with Gasteiger partial charge in [0.1, 0.15) is 11.4 Å². The van der Waals surface area contributed by atoms with Crippen molar-refractivity contribution in [2.75, 3.05) is 5.32 Å². The molecule has 0 saturated carbocycles. The second kappa shape index (κ2) is 5.09. The summed E-state index contributed by atoms with van der Waals surface area (Å²) >= 11 is 0. The fourth-order valence-corrected chi connectivity index (χ4v) is 1.58. The maximum absolute atomic E-state index is 11.6. The van der Waals surface area contributed by atoms with Crippen LogP contribution in [0.5, 0.6) is 5.75 Å². The molecule has 5 nitrogen and oxygen atoms in total. The van der Waals surface area contributed by atoms with E-state index in [0.29, 0.717) is 11.3 Å². The van der Waals surface area contributed by atoms with Crippen molar-refractivity contribution >= 4 is 11.8 Å². The third-order valence-electron chi connectivity index (χ3n) is 2.34. The Balaban J connectivity index is 2.83. The van der Waals surface area contributed by atoms with Crippen molar-refractivity contribution in [2.45, 2.75) is 45.8 Å². The standard InChI is InChI=1S/C14H22N2O3/c1-13(2,3)19-12(18)16-9-6-7-10(11(17)8-9)14(4,5)15/h6-8,17H,15H2,1-5H3,(H,16,18). The Labute approximate surface area is 113 Å². The first kappa shape index (κ1) is 15.3. The Morgan fingerprint density at radius 1 is 1.26 bits per heavy atom. The Hall–Kier alpha value is -1.75. The molecule has 0 radical (unpaired) electrons. The molecule has 0 aromatic heterocycles. The van der Waals surface area contributed by atoms with Crippen LogP contribution < -0.4 is 11.1 Å². The highest BCUT2D eigenvalue weighted by atomic mass is 16.6. The van der Waals surface area contributed by atoms with Gasteiger partial charge in [0.15, 0.2) is 0 Å². The predicted molar refractivity (Wildman–Crippen MR) is 75.2 cm³/mol. The molecule has 0 fully saturated rings. The molecule has 1 aromatic rings. The first-order valence-corrected chi connectivity index (χ1v) is 6.11. The second-order valence-electron chi connectivity index (χ2n) is 6.08. The van der Waals surface area contributed by atoms with Crippen LogP contribution in [-0.4, -0.2) is 16.8 Å². The number of phenolic OH excluding ortho intramolecular Hbond substituents is 1. The zero-order valence-corrected chi connectivity index (χ0v) is 12.1. The van der Waals surface area contributed by atoms with Crippen molar-refractivity contribution in [1.82, 2.24) is 0 Å². The van der Waals surface area contributed by atoms with E-state index >= 15 is 0 Å². The lowest BCUT2D eigenvalue weighted by molar-refractivity contribution is 0.0636. The number of carbonyl (C=O) groups excluding carboxylic acids is 1. The lowest BCUT2D eigenvalue weighted by Crippen LogP contribution is -2.29. The number of aromatic hydroxyl groups is 1. The average Bonchev–Trinajstić information content (AvgIpc) is 2.11. The molecule has 4 N–H and O–H groups in total. The van der Waals surface area contributed by atoms with E-state index in [9.17, 15) is 9.90 Å². The lowest BCUT2D eigenvalue weighted by atomic mass is 9.94. The smallest absolute Gasteiger partial charge is 0.412 e. The molecule has 1 aromatic carbocycles. The number of carbonyl (C=O) groups is 1. The second-order valence-corrected chi connectivity index (χ2v) is 6.08. The molecule has 5 heteroatoms. The van der Waals surface area contributed by atoms with E-state index in [1.165, 1.54) is 6.07 Å². The van der Waals surface area contributed by atoms with Gasteiger partial charge in [0.25, 0.3) is 0 Å². The van der Waals surface area contributed by atoms with Gasteiger partial charge in [-0.25, -0.2) is 4.79 Å². The lowest BCUT2D eigenvalue weighted by Gasteiger charge is -2.22. The van der Waals surface area contributed by atoms with Crippen molar-refractivity contribution < 1.29 is 14.6 Å². The van der Waals surface area contributed by atoms with Crippen LogP contribution in [0.15, 0.2) is 18.2 Å². The summed E-state index contributed by atoms with van der Waals surface area (Å²) in [6.07, 6.45) is -0.563. The van der Waals surface area contributed by atoms with Crippen LogP contribution in [0, 0.1) is 0 Å². The molecule has 0 aliphatic carbocycles. The van der Waals surface area contributed by atoms with Gasteiger partial charge in [-0.2, -0.15) is 0 Å². The summed E-state index contributed by atoms with van der Waals surface area (Å²) in [6, 6.07) is 4.81. The molecule has 0 bridgehead atoms. The van der Waals surface area contributed by atoms with Crippen molar-refractivity contribution in [1.29, 1.82) is 0 Å². The molecule has 0 spiro atoms. The van der Waals surface area contributed by atoms with Crippen LogP contribution in [-0.2, 0) is 10.3 Å². The molecular weight excluding hydrogens is 244 g/mol. The van der Waals surface area contributed by atoms with Crippen LogP contribution in [0.2, 0.25) is 0 Å². The van der Waals surface area contributed by atoms with E-state index in [2.05, 4.69) is 5.32 Å². The van der Waals surface area contributed by atoms with Gasteiger partial charge in [-0.3, -0.25) is 5.32 Å². The van der Waals surface area contributed by atoms with Crippen LogP contribution in [0.4, 0.5) is 10.5 Å². The maximum atomic E-state index is 11.6. The number of anilines is 1. The molecule has 0 aliphatic rings. The number of nitrogens with two attached hydrogens (primary N) is 1. The summed E-state index contributed by atoms with van der Waals surface area (Å²) in [4.78, 5) is 11.6. The Kier molecular flexibility index (Phi) is 4.10. The highest BCUT2D eigenvalue weighted by Gasteiger charge is 2.20. The molecule has 0 saturated heterocycles. The van der Waals surface area contributed by atoms with E-state index in [0.717, 1.165) is 0 Å². The summed E-state index contributed by atoms with van der Waals surface area (Å²) in [5.41, 5.74) is 5.78. The summed E-state index contributed by atoms with van der Waals surface area (Å²) in [5.74, 6) is 0.0426. The fraction of sp³-hybridized carbons (Fsp3) is 0.500. The van der Waals surface area contributed by atoms with Gasteiger partial charge in [0.2, 0.25) is 0 Å². The maximum Gasteiger partial charge on any atom is 0.412 e. The van der Waals surface area contributed by atoms with Crippen LogP contribution in [0.25, 0.3) is 0 Å². The molecule has 19 heavy (non-hydrogen) atoms. The molecule has 1 amide bonds. The van der Waals surface area contributed by atoms with Gasteiger partial charge in [-0.15, -0.1) is 0 Å². The van der Waals surface area contributed by atoms with Gasteiger partial charge in [0, 0.05) is 22.9 Å². The quantitative estimate of drug-likeness (QED) is 0.768. The first-order chi connectivity index (χ1) is 8.49. The highest BCUT2D eigenvalue weighted by molar-refractivity contribution is 5.85. The minimum atomic E-state index is -0.644. The number of rotatable bonds is 2. The number of phenols is 1. The van der Waals surface area contributed by atoms with E-state index in [1.54, 1.807) is 46.8 Å². The van der Waals surface area contributed by atoms with Crippen molar-refractivity contribution in [3.8, 4) is 5.75 Å². The molecule has 1 rings (SSSR count). The molecule has 106 valence electrons. The monoisotopic (exact) mass is 266 g/mol. The van der Waals surface area contributed by atoms with Crippen LogP contribution >= 0.6 is 0 Å². The Bertz CT molecular complexity index is 471. The van der Waals surface area contributed by atoms with Crippen molar-refractivity contribution in [2.24, 2.45) is 5.73 Å². The number of hydrogen-bond acceptors (Lipinski definition) is 4. The van der Waals surface area contributed by atoms with Crippen LogP contribution in [0.3, 0.4) is 0 Å². The minimum Gasteiger partial charge on any atom is -0.508 e. The zero-order valence-electron chi connectivity index (χ0n) is 12.1.